The Hall–Kier alpha value is -0.765. The zero-order chi connectivity index (χ0) is 8.55. The Bertz CT molecular complexity index is 263. The van der Waals surface area contributed by atoms with Crippen molar-refractivity contribution in [1.82, 2.24) is 0 Å². The van der Waals surface area contributed by atoms with Crippen LogP contribution in [0.5, 0.6) is 0 Å². The first kappa shape index (κ1) is 7.86. The average molecular weight is 176 g/mol. The molecular weight excluding hydrogens is 167 g/mol. The number of rotatable bonds is 0. The van der Waals surface area contributed by atoms with E-state index in [9.17, 15) is 0 Å². The zero-order valence-electron chi connectivity index (χ0n) is 6.64. The highest BCUT2D eigenvalue weighted by atomic mass is 32.1. The van der Waals surface area contributed by atoms with Crippen LogP contribution in [0.15, 0.2) is 24.3 Å². The smallest absolute Gasteiger partial charge is 0.226 e. The third kappa shape index (κ3) is 1.16. The number of para-hydroxylation sites is 2. The Balaban J connectivity index is 2.47. The first-order valence-corrected chi connectivity index (χ1v) is 4.27. The topological polar surface area (TPSA) is 6.48 Å². The lowest BCUT2D eigenvalue weighted by Crippen LogP contribution is -2.35. The van der Waals surface area contributed by atoms with E-state index in [0.29, 0.717) is 0 Å². The number of anilines is 2. The maximum absolute atomic E-state index is 5.78. The van der Waals surface area contributed by atoms with Crippen molar-refractivity contribution in [1.29, 1.82) is 0 Å². The van der Waals surface area contributed by atoms with Crippen molar-refractivity contribution in [2.45, 2.75) is 0 Å². The lowest BCUT2D eigenvalue weighted by molar-refractivity contribution is 0.928. The van der Waals surface area contributed by atoms with Crippen LogP contribution in [-0.4, -0.2) is 21.1 Å². The Kier molecular flexibility index (Phi) is 1.93. The zero-order valence-corrected chi connectivity index (χ0v) is 7.54. The summed E-state index contributed by atoms with van der Waals surface area (Å²) in [4.78, 5) is 1.75. The number of hydrogen-bond donors (Lipinski definition) is 1. The van der Waals surface area contributed by atoms with Crippen LogP contribution in [0.4, 0.5) is 11.4 Å². The van der Waals surface area contributed by atoms with Crippen molar-refractivity contribution in [3.63, 3.8) is 0 Å². The Morgan fingerprint density at radius 3 is 2.50 bits per heavy atom. The number of hydrogen-bond acceptors (Lipinski definition) is 3. The van der Waals surface area contributed by atoms with Gasteiger partial charge in [0.2, 0.25) is 7.98 Å². The fourth-order valence-electron chi connectivity index (χ4n) is 1.37. The number of fused-ring (bicyclic) bond motifs is 1. The molecule has 0 fully saturated rings. The largest absolute Gasteiger partial charge is 0.421 e. The molecule has 60 valence electrons. The van der Waals surface area contributed by atoms with Gasteiger partial charge in [-0.05, 0) is 12.1 Å². The molecule has 0 unspecified atom stereocenters. The second-order valence-electron chi connectivity index (χ2n) is 2.81. The Morgan fingerprint density at radius 2 is 1.83 bits per heavy atom. The van der Waals surface area contributed by atoms with Crippen LogP contribution in [0.2, 0.25) is 0 Å². The molecule has 0 aromatic heterocycles. The van der Waals surface area contributed by atoms with Crippen LogP contribution in [-0.2, 0) is 0 Å². The van der Waals surface area contributed by atoms with E-state index in [1.807, 2.05) is 28.6 Å². The monoisotopic (exact) mass is 176 g/mol. The summed E-state index contributed by atoms with van der Waals surface area (Å²) in [6.45, 7) is 1.68. The van der Waals surface area contributed by atoms with Crippen molar-refractivity contribution in [2.75, 3.05) is 22.2 Å². The first-order valence-electron chi connectivity index (χ1n) is 3.87. The van der Waals surface area contributed by atoms with E-state index in [2.05, 4.69) is 12.8 Å². The summed E-state index contributed by atoms with van der Waals surface area (Å²) >= 11 is 4.33. The van der Waals surface area contributed by atoms with Crippen molar-refractivity contribution in [3.05, 3.63) is 24.3 Å². The van der Waals surface area contributed by atoms with Crippen LogP contribution in [0.3, 0.4) is 0 Å². The maximum Gasteiger partial charge on any atom is 0.226 e. The van der Waals surface area contributed by atoms with Crippen molar-refractivity contribution in [2.24, 2.45) is 0 Å². The molecule has 0 saturated heterocycles. The molecule has 12 heavy (non-hydrogen) atoms. The summed E-state index contributed by atoms with van der Waals surface area (Å²) in [6, 6.07) is 7.98. The van der Waals surface area contributed by atoms with Gasteiger partial charge in [0.25, 0.3) is 0 Å². The van der Waals surface area contributed by atoms with Crippen molar-refractivity contribution >= 4 is 32.2 Å². The predicted octanol–water partition coefficient (Wildman–Crippen LogP) is 1.24. The van der Waals surface area contributed by atoms with Gasteiger partial charge in [0.1, 0.15) is 0 Å². The van der Waals surface area contributed by atoms with Gasteiger partial charge in [0, 0.05) is 18.8 Å². The first-order chi connectivity index (χ1) is 5.79. The minimum absolute atomic E-state index is 0.820. The minimum atomic E-state index is 0.820. The van der Waals surface area contributed by atoms with Crippen molar-refractivity contribution < 1.29 is 0 Å². The molecule has 0 amide bonds. The molecule has 0 aliphatic carbocycles. The molecule has 2 nitrogen and oxygen atoms in total. The van der Waals surface area contributed by atoms with E-state index >= 15 is 0 Å². The molecule has 1 heterocycles. The van der Waals surface area contributed by atoms with Crippen LogP contribution in [0, 0.1) is 0 Å². The number of thiol groups is 1. The van der Waals surface area contributed by atoms with Gasteiger partial charge in [0.15, 0.2) is 0 Å². The van der Waals surface area contributed by atoms with E-state index in [-0.39, 0.29) is 0 Å². The molecule has 0 bridgehead atoms. The second-order valence-corrected chi connectivity index (χ2v) is 3.29. The molecule has 1 aliphatic heterocycles. The van der Waals surface area contributed by atoms with Gasteiger partial charge >= 0.3 is 0 Å². The SMILES string of the molecule is [B]N1CCN(S)c2ccccc21. The summed E-state index contributed by atoms with van der Waals surface area (Å²) in [5, 5.41) is 0. The lowest BCUT2D eigenvalue weighted by atomic mass is 10.1. The van der Waals surface area contributed by atoms with Gasteiger partial charge in [-0.3, -0.25) is 0 Å². The molecule has 0 spiro atoms. The lowest BCUT2D eigenvalue weighted by Gasteiger charge is -2.34. The molecule has 1 aromatic carbocycles. The van der Waals surface area contributed by atoms with Gasteiger partial charge in [-0.1, -0.05) is 24.9 Å². The molecule has 1 aliphatic rings. The fourth-order valence-corrected chi connectivity index (χ4v) is 1.63. The van der Waals surface area contributed by atoms with E-state index in [1.54, 1.807) is 4.81 Å². The van der Waals surface area contributed by atoms with Gasteiger partial charge in [-0.25, -0.2) is 0 Å². The second kappa shape index (κ2) is 2.94. The van der Waals surface area contributed by atoms with Gasteiger partial charge in [-0.15, -0.1) is 0 Å². The molecule has 0 saturated carbocycles. The molecule has 0 N–H and O–H groups in total. The van der Waals surface area contributed by atoms with Gasteiger partial charge in [-0.2, -0.15) is 0 Å². The summed E-state index contributed by atoms with van der Waals surface area (Å²) in [5.41, 5.74) is 2.12. The molecule has 1 aromatic rings. The normalized spacial score (nSPS) is 16.1. The predicted molar refractivity (Wildman–Crippen MR) is 55.9 cm³/mol. The summed E-state index contributed by atoms with van der Waals surface area (Å²) in [6.07, 6.45) is 0. The highest BCUT2D eigenvalue weighted by Crippen LogP contribution is 2.31. The molecule has 2 rings (SSSR count). The number of benzene rings is 1. The third-order valence-corrected chi connectivity index (χ3v) is 2.44. The summed E-state index contributed by atoms with van der Waals surface area (Å²) in [5.74, 6) is 0. The van der Waals surface area contributed by atoms with Gasteiger partial charge in [0.05, 0.1) is 5.69 Å². The van der Waals surface area contributed by atoms with Crippen LogP contribution >= 0.6 is 12.8 Å². The van der Waals surface area contributed by atoms with Crippen molar-refractivity contribution in [3.8, 4) is 0 Å². The Morgan fingerprint density at radius 1 is 1.17 bits per heavy atom. The van der Waals surface area contributed by atoms with Gasteiger partial charge < -0.3 is 9.12 Å². The molecular formula is C8H9BN2S. The highest BCUT2D eigenvalue weighted by Gasteiger charge is 2.16. The van der Waals surface area contributed by atoms with Crippen LogP contribution in [0.25, 0.3) is 0 Å². The standard InChI is InChI=1S/C8H9BN2S/c9-10-5-6-11(12)8-4-2-1-3-7(8)10/h1-4,12H,5-6H2. The number of nitrogens with zero attached hydrogens (tertiary/aromatic N) is 2. The van der Waals surface area contributed by atoms with E-state index in [0.717, 1.165) is 24.5 Å². The molecule has 2 radical (unpaired) electrons. The minimum Gasteiger partial charge on any atom is -0.421 e. The fraction of sp³-hybridized carbons (Fsp3) is 0.250. The van der Waals surface area contributed by atoms with E-state index in [1.165, 1.54) is 0 Å². The van der Waals surface area contributed by atoms with Crippen LogP contribution in [0.1, 0.15) is 0 Å². The third-order valence-electron chi connectivity index (χ3n) is 2.02. The summed E-state index contributed by atoms with van der Waals surface area (Å²) in [7, 11) is 5.78. The van der Waals surface area contributed by atoms with E-state index < -0.39 is 0 Å². The molecule has 0 atom stereocenters. The quantitative estimate of drug-likeness (QED) is 0.469. The highest BCUT2D eigenvalue weighted by molar-refractivity contribution is 7.81. The maximum atomic E-state index is 5.78. The van der Waals surface area contributed by atoms with E-state index in [4.69, 9.17) is 7.98 Å². The Labute approximate surface area is 79.1 Å². The average Bonchev–Trinajstić information content (AvgIpc) is 2.12. The van der Waals surface area contributed by atoms with Crippen LogP contribution < -0.4 is 9.12 Å². The summed E-state index contributed by atoms with van der Waals surface area (Å²) < 4.78 is 1.92. The molecule has 4 heteroatoms.